The van der Waals surface area contributed by atoms with Gasteiger partial charge in [0.15, 0.2) is 0 Å². The van der Waals surface area contributed by atoms with E-state index in [0.717, 1.165) is 34.4 Å². The molecule has 7 nitrogen and oxygen atoms in total. The maximum absolute atomic E-state index is 14.5. The first-order valence-electron chi connectivity index (χ1n) is 15.2. The number of hydrogen-bond donors (Lipinski definition) is 1. The number of benzene rings is 4. The number of hydrogen-bond acceptors (Lipinski definition) is 4. The summed E-state index contributed by atoms with van der Waals surface area (Å²) in [6.07, 6.45) is -3.98. The Labute approximate surface area is 274 Å². The molecule has 0 heterocycles. The highest BCUT2D eigenvalue weighted by molar-refractivity contribution is 7.92. The monoisotopic (exact) mass is 665 g/mol. The zero-order valence-electron chi connectivity index (χ0n) is 26.5. The van der Waals surface area contributed by atoms with Gasteiger partial charge in [-0.3, -0.25) is 13.9 Å². The molecule has 1 N–H and O–H groups in total. The molecule has 248 valence electrons. The van der Waals surface area contributed by atoms with Crippen molar-refractivity contribution in [2.24, 2.45) is 0 Å². The molecule has 4 rings (SSSR count). The summed E-state index contributed by atoms with van der Waals surface area (Å²) < 4.78 is 70.2. The van der Waals surface area contributed by atoms with Gasteiger partial charge in [-0.25, -0.2) is 8.42 Å². The van der Waals surface area contributed by atoms with Gasteiger partial charge in [0.25, 0.3) is 10.0 Å². The summed E-state index contributed by atoms with van der Waals surface area (Å²) in [5.74, 6) is -1.18. The van der Waals surface area contributed by atoms with E-state index in [1.54, 1.807) is 25.1 Å². The second kappa shape index (κ2) is 15.3. The van der Waals surface area contributed by atoms with Crippen LogP contribution in [0.5, 0.6) is 0 Å². The van der Waals surface area contributed by atoms with E-state index in [-0.39, 0.29) is 23.5 Å². The third kappa shape index (κ3) is 9.00. The number of aryl methyl sites for hydroxylation is 2. The molecular weight excluding hydrogens is 627 g/mol. The lowest BCUT2D eigenvalue weighted by atomic mass is 10.0. The van der Waals surface area contributed by atoms with Crippen molar-refractivity contribution >= 4 is 27.5 Å². The van der Waals surface area contributed by atoms with Crippen LogP contribution in [-0.4, -0.2) is 44.3 Å². The maximum Gasteiger partial charge on any atom is 0.416 e. The molecule has 11 heteroatoms. The van der Waals surface area contributed by atoms with Crippen LogP contribution in [0, 0.1) is 13.8 Å². The van der Waals surface area contributed by atoms with Gasteiger partial charge in [-0.15, -0.1) is 0 Å². The smallest absolute Gasteiger partial charge is 0.354 e. The molecule has 0 saturated heterocycles. The quantitative estimate of drug-likeness (QED) is 0.173. The number of carbonyl (C=O) groups is 2. The second-order valence-corrected chi connectivity index (χ2v) is 13.2. The lowest BCUT2D eigenvalue weighted by molar-refractivity contribution is -0.140. The average molecular weight is 666 g/mol. The molecule has 0 saturated carbocycles. The van der Waals surface area contributed by atoms with Gasteiger partial charge in [-0.2, -0.15) is 13.2 Å². The van der Waals surface area contributed by atoms with Gasteiger partial charge < -0.3 is 10.2 Å². The number of alkyl halides is 3. The van der Waals surface area contributed by atoms with E-state index in [9.17, 15) is 31.2 Å². The minimum Gasteiger partial charge on any atom is -0.354 e. The fraction of sp³-hybridized carbons (Fsp3) is 0.278. The van der Waals surface area contributed by atoms with Gasteiger partial charge in [0, 0.05) is 19.5 Å². The lowest BCUT2D eigenvalue weighted by Crippen LogP contribution is -2.53. The summed E-state index contributed by atoms with van der Waals surface area (Å²) in [5.41, 5.74) is 1.73. The fourth-order valence-electron chi connectivity index (χ4n) is 5.09. The van der Waals surface area contributed by atoms with Crippen molar-refractivity contribution in [1.82, 2.24) is 10.2 Å². The fourth-order valence-corrected chi connectivity index (χ4v) is 6.50. The number of halogens is 3. The van der Waals surface area contributed by atoms with Crippen molar-refractivity contribution in [2.75, 3.05) is 17.4 Å². The van der Waals surface area contributed by atoms with Crippen molar-refractivity contribution in [3.8, 4) is 0 Å². The summed E-state index contributed by atoms with van der Waals surface area (Å²) in [6, 6.07) is 25.0. The van der Waals surface area contributed by atoms with E-state index in [2.05, 4.69) is 5.32 Å². The average Bonchev–Trinajstić information content (AvgIpc) is 3.05. The van der Waals surface area contributed by atoms with Crippen molar-refractivity contribution in [3.63, 3.8) is 0 Å². The minimum absolute atomic E-state index is 0.0381. The molecule has 0 aromatic heterocycles. The summed E-state index contributed by atoms with van der Waals surface area (Å²) >= 11 is 0. The third-order valence-electron chi connectivity index (χ3n) is 7.77. The van der Waals surface area contributed by atoms with Crippen LogP contribution >= 0.6 is 0 Å². The van der Waals surface area contributed by atoms with Crippen LogP contribution in [0.1, 0.15) is 41.2 Å². The van der Waals surface area contributed by atoms with Gasteiger partial charge in [0.2, 0.25) is 11.8 Å². The van der Waals surface area contributed by atoms with Crippen LogP contribution < -0.4 is 9.62 Å². The Morgan fingerprint density at radius 3 is 2.15 bits per heavy atom. The van der Waals surface area contributed by atoms with Crippen LogP contribution in [0.4, 0.5) is 18.9 Å². The van der Waals surface area contributed by atoms with Crippen LogP contribution in [0.25, 0.3) is 0 Å². The zero-order valence-corrected chi connectivity index (χ0v) is 27.3. The number of rotatable bonds is 13. The minimum atomic E-state index is -4.76. The molecule has 0 aliphatic carbocycles. The third-order valence-corrected chi connectivity index (χ3v) is 9.56. The summed E-state index contributed by atoms with van der Waals surface area (Å²) in [7, 11) is -4.54. The highest BCUT2D eigenvalue weighted by Gasteiger charge is 2.36. The van der Waals surface area contributed by atoms with Gasteiger partial charge in [0.05, 0.1) is 16.1 Å². The molecule has 0 radical (unpaired) electrons. The molecule has 0 spiro atoms. The van der Waals surface area contributed by atoms with E-state index in [0.29, 0.717) is 23.3 Å². The molecule has 0 aliphatic rings. The van der Waals surface area contributed by atoms with Crippen LogP contribution in [0.2, 0.25) is 0 Å². The first-order chi connectivity index (χ1) is 22.3. The highest BCUT2D eigenvalue weighted by Crippen LogP contribution is 2.33. The first kappa shape index (κ1) is 35.2. The Kier molecular flexibility index (Phi) is 11.5. The van der Waals surface area contributed by atoms with Crippen molar-refractivity contribution in [1.29, 1.82) is 0 Å². The number of nitrogens with one attached hydrogen (secondary N) is 1. The van der Waals surface area contributed by atoms with E-state index in [4.69, 9.17) is 0 Å². The number of amides is 2. The van der Waals surface area contributed by atoms with E-state index >= 15 is 0 Å². The SMILES string of the molecule is CCCNC(=O)[C@@H](Cc1ccccc1)N(Cc1ccccc1C)C(=O)CN(c1cccc(C(F)(F)F)c1)S(=O)(=O)c1ccc(C)cc1. The van der Waals surface area contributed by atoms with Gasteiger partial charge in [0.1, 0.15) is 12.6 Å². The molecule has 0 bridgehead atoms. The van der Waals surface area contributed by atoms with Gasteiger partial charge in [-0.1, -0.05) is 85.3 Å². The largest absolute Gasteiger partial charge is 0.416 e. The lowest BCUT2D eigenvalue weighted by Gasteiger charge is -2.34. The van der Waals surface area contributed by atoms with Crippen molar-refractivity contribution < 1.29 is 31.2 Å². The topological polar surface area (TPSA) is 86.8 Å². The molecular formula is C36H38F3N3O4S. The molecule has 0 fully saturated rings. The van der Waals surface area contributed by atoms with E-state index in [1.807, 2.05) is 62.4 Å². The number of sulfonamides is 1. The molecule has 47 heavy (non-hydrogen) atoms. The van der Waals surface area contributed by atoms with Crippen LogP contribution in [-0.2, 0) is 38.8 Å². The van der Waals surface area contributed by atoms with E-state index in [1.165, 1.54) is 23.1 Å². The molecule has 4 aromatic rings. The molecule has 1 atom stereocenters. The van der Waals surface area contributed by atoms with Gasteiger partial charge in [-0.05, 0) is 67.3 Å². The van der Waals surface area contributed by atoms with Crippen molar-refractivity contribution in [3.05, 3.63) is 131 Å². The predicted octanol–water partition coefficient (Wildman–Crippen LogP) is 6.68. The summed E-state index contributed by atoms with van der Waals surface area (Å²) in [5, 5.41) is 2.87. The Bertz CT molecular complexity index is 1780. The highest BCUT2D eigenvalue weighted by atomic mass is 32.2. The Hall–Kier alpha value is -4.64. The maximum atomic E-state index is 14.5. The first-order valence-corrected chi connectivity index (χ1v) is 16.7. The van der Waals surface area contributed by atoms with Crippen LogP contribution in [0.15, 0.2) is 108 Å². The number of carbonyl (C=O) groups excluding carboxylic acids is 2. The molecule has 0 aliphatic heterocycles. The second-order valence-electron chi connectivity index (χ2n) is 11.3. The molecule has 4 aromatic carbocycles. The Morgan fingerprint density at radius 1 is 0.851 bits per heavy atom. The van der Waals surface area contributed by atoms with Crippen LogP contribution in [0.3, 0.4) is 0 Å². The Balaban J connectivity index is 1.85. The van der Waals surface area contributed by atoms with Gasteiger partial charge >= 0.3 is 6.18 Å². The summed E-state index contributed by atoms with van der Waals surface area (Å²) in [4.78, 5) is 29.3. The van der Waals surface area contributed by atoms with E-state index < -0.39 is 46.2 Å². The zero-order chi connectivity index (χ0) is 34.2. The predicted molar refractivity (Wildman–Crippen MR) is 176 cm³/mol. The Morgan fingerprint density at radius 2 is 1.51 bits per heavy atom. The van der Waals surface area contributed by atoms with Crippen molar-refractivity contribution in [2.45, 2.75) is 57.3 Å². The summed E-state index contributed by atoms with van der Waals surface area (Å²) in [6.45, 7) is 4.99. The normalized spacial score (nSPS) is 12.3. The molecule has 2 amide bonds. The standard InChI is InChI=1S/C36H38F3N3O4S/c1-4-21-40-35(44)33(22-28-12-6-5-7-13-28)41(24-29-14-9-8-11-27(29)3)34(43)25-42(31-16-10-15-30(23-31)36(37,38)39)47(45,46)32-19-17-26(2)18-20-32/h5-20,23,33H,4,21-22,24-25H2,1-3H3,(H,40,44)/t33-/m1/s1. The number of nitrogens with zero attached hydrogens (tertiary/aromatic N) is 2. The number of anilines is 1. The molecule has 0 unspecified atom stereocenters.